The summed E-state index contributed by atoms with van der Waals surface area (Å²) in [5.41, 5.74) is 8.11. The van der Waals surface area contributed by atoms with Gasteiger partial charge in [0, 0.05) is 13.1 Å². The molecule has 0 aromatic heterocycles. The summed E-state index contributed by atoms with van der Waals surface area (Å²) < 4.78 is 0. The third-order valence-corrected chi connectivity index (χ3v) is 3.00. The Bertz CT molecular complexity index is 352. The Balaban J connectivity index is 2.00. The number of hydrogen-bond acceptors (Lipinski definition) is 2. The van der Waals surface area contributed by atoms with Gasteiger partial charge < -0.3 is 5.73 Å². The topological polar surface area (TPSA) is 29.3 Å². The molecule has 0 bridgehead atoms. The van der Waals surface area contributed by atoms with Crippen LogP contribution in [0.3, 0.4) is 0 Å². The van der Waals surface area contributed by atoms with Crippen LogP contribution >= 0.6 is 0 Å². The second kappa shape index (κ2) is 5.83. The molecule has 0 amide bonds. The van der Waals surface area contributed by atoms with E-state index < -0.39 is 0 Å². The standard InChI is InChI=1S/C14H20N2/c15-8-4-7-13-5-3-6-14(11-13)12-16-9-1-2-10-16/h3-7,11H,1-2,8-10,12,15H2. The Kier molecular flexibility index (Phi) is 4.14. The van der Waals surface area contributed by atoms with Gasteiger partial charge in [-0.2, -0.15) is 0 Å². The van der Waals surface area contributed by atoms with Crippen LogP contribution in [0, 0.1) is 0 Å². The number of nitrogens with two attached hydrogens (primary N) is 1. The van der Waals surface area contributed by atoms with E-state index in [0.717, 1.165) is 6.54 Å². The molecule has 1 aliphatic heterocycles. The molecule has 1 fully saturated rings. The van der Waals surface area contributed by atoms with Crippen molar-refractivity contribution in [3.63, 3.8) is 0 Å². The van der Waals surface area contributed by atoms with Crippen LogP contribution in [0.2, 0.25) is 0 Å². The van der Waals surface area contributed by atoms with Crippen LogP contribution in [-0.2, 0) is 6.54 Å². The fourth-order valence-electron chi connectivity index (χ4n) is 2.20. The van der Waals surface area contributed by atoms with Crippen molar-refractivity contribution >= 4 is 6.08 Å². The predicted octanol–water partition coefficient (Wildman–Crippen LogP) is 2.25. The summed E-state index contributed by atoms with van der Waals surface area (Å²) in [6, 6.07) is 8.71. The van der Waals surface area contributed by atoms with E-state index in [9.17, 15) is 0 Å². The monoisotopic (exact) mass is 216 g/mol. The molecule has 2 heteroatoms. The fraction of sp³-hybridized carbons (Fsp3) is 0.429. The van der Waals surface area contributed by atoms with Gasteiger partial charge >= 0.3 is 0 Å². The van der Waals surface area contributed by atoms with Gasteiger partial charge in [0.05, 0.1) is 0 Å². The van der Waals surface area contributed by atoms with Gasteiger partial charge in [0.25, 0.3) is 0 Å². The minimum atomic E-state index is 0.607. The lowest BCUT2D eigenvalue weighted by Gasteiger charge is -2.14. The zero-order valence-electron chi connectivity index (χ0n) is 9.73. The van der Waals surface area contributed by atoms with Crippen molar-refractivity contribution in [1.29, 1.82) is 0 Å². The lowest BCUT2D eigenvalue weighted by Crippen LogP contribution is -2.18. The first-order chi connectivity index (χ1) is 7.88. The Morgan fingerprint density at radius 2 is 2.06 bits per heavy atom. The lowest BCUT2D eigenvalue weighted by atomic mass is 10.1. The summed E-state index contributed by atoms with van der Waals surface area (Å²) in [5.74, 6) is 0. The molecule has 86 valence electrons. The first-order valence-electron chi connectivity index (χ1n) is 6.06. The normalized spacial score (nSPS) is 17.3. The average molecular weight is 216 g/mol. The van der Waals surface area contributed by atoms with Gasteiger partial charge in [-0.15, -0.1) is 0 Å². The van der Waals surface area contributed by atoms with Crippen molar-refractivity contribution in [2.45, 2.75) is 19.4 Å². The molecule has 1 aromatic carbocycles. The summed E-state index contributed by atoms with van der Waals surface area (Å²) in [5, 5.41) is 0. The third kappa shape index (κ3) is 3.19. The Morgan fingerprint density at radius 3 is 2.81 bits per heavy atom. The highest BCUT2D eigenvalue weighted by Gasteiger charge is 2.11. The van der Waals surface area contributed by atoms with Crippen molar-refractivity contribution in [1.82, 2.24) is 4.90 Å². The number of likely N-dealkylation sites (tertiary alicyclic amines) is 1. The van der Waals surface area contributed by atoms with E-state index in [1.165, 1.54) is 37.1 Å². The summed E-state index contributed by atoms with van der Waals surface area (Å²) >= 11 is 0. The molecular weight excluding hydrogens is 196 g/mol. The average Bonchev–Trinajstić information content (AvgIpc) is 2.80. The SMILES string of the molecule is NCC=Cc1cccc(CN2CCCC2)c1. The Labute approximate surface area is 97.8 Å². The molecule has 2 N–H and O–H groups in total. The molecule has 0 spiro atoms. The number of hydrogen-bond donors (Lipinski definition) is 1. The fourth-order valence-corrected chi connectivity index (χ4v) is 2.20. The molecule has 1 aliphatic rings. The smallest absolute Gasteiger partial charge is 0.0233 e. The molecular formula is C14H20N2. The van der Waals surface area contributed by atoms with Crippen LogP contribution in [0.4, 0.5) is 0 Å². The second-order valence-corrected chi connectivity index (χ2v) is 4.37. The van der Waals surface area contributed by atoms with Crippen molar-refractivity contribution in [2.75, 3.05) is 19.6 Å². The number of nitrogens with zero attached hydrogens (tertiary/aromatic N) is 1. The number of rotatable bonds is 4. The van der Waals surface area contributed by atoms with Crippen molar-refractivity contribution in [3.05, 3.63) is 41.5 Å². The third-order valence-electron chi connectivity index (χ3n) is 3.00. The summed E-state index contributed by atoms with van der Waals surface area (Å²) in [4.78, 5) is 2.52. The first kappa shape index (κ1) is 11.4. The minimum Gasteiger partial charge on any atom is -0.327 e. The van der Waals surface area contributed by atoms with Crippen LogP contribution in [0.1, 0.15) is 24.0 Å². The number of benzene rings is 1. The van der Waals surface area contributed by atoms with Gasteiger partial charge in [-0.05, 0) is 37.1 Å². The summed E-state index contributed by atoms with van der Waals surface area (Å²) in [6.45, 7) is 4.20. The zero-order chi connectivity index (χ0) is 11.2. The van der Waals surface area contributed by atoms with Crippen molar-refractivity contribution in [2.24, 2.45) is 5.73 Å². The van der Waals surface area contributed by atoms with Gasteiger partial charge in [0.2, 0.25) is 0 Å². The van der Waals surface area contributed by atoms with Crippen LogP contribution < -0.4 is 5.73 Å². The maximum atomic E-state index is 5.45. The van der Waals surface area contributed by atoms with E-state index in [0.29, 0.717) is 6.54 Å². The van der Waals surface area contributed by atoms with Gasteiger partial charge in [-0.1, -0.05) is 36.4 Å². The van der Waals surface area contributed by atoms with Gasteiger partial charge in [0.1, 0.15) is 0 Å². The van der Waals surface area contributed by atoms with Gasteiger partial charge in [-0.25, -0.2) is 0 Å². The van der Waals surface area contributed by atoms with Crippen molar-refractivity contribution in [3.8, 4) is 0 Å². The Morgan fingerprint density at radius 1 is 1.25 bits per heavy atom. The summed E-state index contributed by atoms with van der Waals surface area (Å²) in [6.07, 6.45) is 6.79. The summed E-state index contributed by atoms with van der Waals surface area (Å²) in [7, 11) is 0. The predicted molar refractivity (Wildman–Crippen MR) is 69.0 cm³/mol. The van der Waals surface area contributed by atoms with E-state index in [1.54, 1.807) is 0 Å². The molecule has 16 heavy (non-hydrogen) atoms. The van der Waals surface area contributed by atoms with Crippen LogP contribution in [-0.4, -0.2) is 24.5 Å². The second-order valence-electron chi connectivity index (χ2n) is 4.37. The minimum absolute atomic E-state index is 0.607. The van der Waals surface area contributed by atoms with E-state index in [-0.39, 0.29) is 0 Å². The van der Waals surface area contributed by atoms with E-state index >= 15 is 0 Å². The maximum absolute atomic E-state index is 5.45. The lowest BCUT2D eigenvalue weighted by molar-refractivity contribution is 0.331. The van der Waals surface area contributed by atoms with Crippen LogP contribution in [0.15, 0.2) is 30.3 Å². The first-order valence-corrected chi connectivity index (χ1v) is 6.06. The molecule has 1 saturated heterocycles. The van der Waals surface area contributed by atoms with Gasteiger partial charge in [0.15, 0.2) is 0 Å². The molecule has 0 radical (unpaired) electrons. The molecule has 2 rings (SSSR count). The molecule has 0 saturated carbocycles. The largest absolute Gasteiger partial charge is 0.327 e. The highest BCUT2D eigenvalue weighted by atomic mass is 15.1. The quantitative estimate of drug-likeness (QED) is 0.836. The van der Waals surface area contributed by atoms with Crippen LogP contribution in [0.5, 0.6) is 0 Å². The van der Waals surface area contributed by atoms with Crippen molar-refractivity contribution < 1.29 is 0 Å². The molecule has 0 atom stereocenters. The highest BCUT2D eigenvalue weighted by molar-refractivity contribution is 5.50. The van der Waals surface area contributed by atoms with Crippen LogP contribution in [0.25, 0.3) is 6.08 Å². The Hall–Kier alpha value is -1.12. The molecule has 0 aliphatic carbocycles. The van der Waals surface area contributed by atoms with E-state index in [1.807, 2.05) is 6.08 Å². The highest BCUT2D eigenvalue weighted by Crippen LogP contribution is 2.14. The van der Waals surface area contributed by atoms with E-state index in [4.69, 9.17) is 5.73 Å². The maximum Gasteiger partial charge on any atom is 0.0233 e. The molecule has 1 aromatic rings. The molecule has 1 heterocycles. The van der Waals surface area contributed by atoms with Gasteiger partial charge in [-0.3, -0.25) is 4.90 Å². The molecule has 2 nitrogen and oxygen atoms in total. The van der Waals surface area contributed by atoms with E-state index in [2.05, 4.69) is 35.2 Å². The molecule has 0 unspecified atom stereocenters. The zero-order valence-corrected chi connectivity index (χ0v) is 9.73.